The molecule has 0 atom stereocenters. The fourth-order valence-corrected chi connectivity index (χ4v) is 3.58. The fourth-order valence-electron chi connectivity index (χ4n) is 2.83. The van der Waals surface area contributed by atoms with Crippen LogP contribution in [-0.4, -0.2) is 22.0 Å². The Morgan fingerprint density at radius 1 is 1.03 bits per heavy atom. The van der Waals surface area contributed by atoms with E-state index in [-0.39, 0.29) is 11.8 Å². The van der Waals surface area contributed by atoms with E-state index in [2.05, 4.69) is 20.8 Å². The molecule has 4 aromatic rings. The van der Waals surface area contributed by atoms with Gasteiger partial charge in [-0.3, -0.25) is 14.9 Å². The predicted octanol–water partition coefficient (Wildman–Crippen LogP) is 5.26. The summed E-state index contributed by atoms with van der Waals surface area (Å²) >= 11 is 7.58. The zero-order valence-electron chi connectivity index (χ0n) is 15.7. The number of rotatable bonds is 5. The average Bonchev–Trinajstić information content (AvgIpc) is 3.38. The molecule has 0 spiro atoms. The number of hydrogen-bond donors (Lipinski definition) is 2. The van der Waals surface area contributed by atoms with Crippen LogP contribution >= 0.6 is 22.9 Å². The number of hydrogen-bond acceptors (Lipinski definition) is 6. The zero-order chi connectivity index (χ0) is 21.1. The maximum atomic E-state index is 12.9. The number of benzene rings is 2. The van der Waals surface area contributed by atoms with Gasteiger partial charge in [-0.1, -0.05) is 35.0 Å². The fraction of sp³-hybridized carbons (Fsp3) is 0.0476. The van der Waals surface area contributed by atoms with Gasteiger partial charge >= 0.3 is 0 Å². The molecule has 2 heterocycles. The van der Waals surface area contributed by atoms with Gasteiger partial charge in [-0.05, 0) is 37.3 Å². The van der Waals surface area contributed by atoms with Crippen molar-refractivity contribution in [2.45, 2.75) is 6.92 Å². The summed E-state index contributed by atoms with van der Waals surface area (Å²) in [5, 5.41) is 12.3. The van der Waals surface area contributed by atoms with Gasteiger partial charge in [-0.25, -0.2) is 4.98 Å². The number of thiazole rings is 1. The van der Waals surface area contributed by atoms with Crippen molar-refractivity contribution in [3.63, 3.8) is 0 Å². The van der Waals surface area contributed by atoms with Crippen molar-refractivity contribution in [2.24, 2.45) is 0 Å². The minimum absolute atomic E-state index is 0.279. The molecule has 0 aliphatic heterocycles. The topological polar surface area (TPSA) is 97.1 Å². The molecule has 150 valence electrons. The van der Waals surface area contributed by atoms with E-state index in [1.807, 2.05) is 6.07 Å². The van der Waals surface area contributed by atoms with Crippen molar-refractivity contribution in [3.05, 3.63) is 82.0 Å². The molecule has 4 rings (SSSR count). The van der Waals surface area contributed by atoms with E-state index in [1.54, 1.807) is 61.0 Å². The van der Waals surface area contributed by atoms with Crippen LogP contribution in [0.15, 0.2) is 64.6 Å². The third kappa shape index (κ3) is 4.10. The number of aryl methyl sites for hydroxylation is 1. The molecule has 0 aliphatic carbocycles. The number of carbonyl (C=O) groups is 2. The molecule has 2 N–H and O–H groups in total. The summed E-state index contributed by atoms with van der Waals surface area (Å²) in [6.45, 7) is 1.66. The highest BCUT2D eigenvalue weighted by atomic mass is 35.5. The van der Waals surface area contributed by atoms with Crippen LogP contribution in [0, 0.1) is 6.92 Å². The number of amides is 2. The van der Waals surface area contributed by atoms with Gasteiger partial charge in [0, 0.05) is 28.4 Å². The molecule has 0 saturated heterocycles. The highest BCUT2D eigenvalue weighted by Crippen LogP contribution is 2.31. The van der Waals surface area contributed by atoms with E-state index < -0.39 is 0 Å². The lowest BCUT2D eigenvalue weighted by atomic mass is 10.1. The van der Waals surface area contributed by atoms with Crippen molar-refractivity contribution in [1.29, 1.82) is 0 Å². The van der Waals surface area contributed by atoms with Gasteiger partial charge in [0.2, 0.25) is 0 Å². The van der Waals surface area contributed by atoms with Crippen molar-refractivity contribution >= 4 is 45.6 Å². The zero-order valence-corrected chi connectivity index (χ0v) is 17.3. The van der Waals surface area contributed by atoms with Crippen molar-refractivity contribution in [1.82, 2.24) is 10.1 Å². The van der Waals surface area contributed by atoms with Crippen LogP contribution in [0.5, 0.6) is 0 Å². The van der Waals surface area contributed by atoms with Crippen molar-refractivity contribution in [2.75, 3.05) is 10.6 Å². The Balaban J connectivity index is 1.52. The van der Waals surface area contributed by atoms with Gasteiger partial charge in [-0.15, -0.1) is 11.3 Å². The quantitative estimate of drug-likeness (QED) is 0.442. The summed E-state index contributed by atoms with van der Waals surface area (Å²) < 4.78 is 5.24. The molecule has 0 fully saturated rings. The lowest BCUT2D eigenvalue weighted by molar-refractivity contribution is 0.101. The highest BCUT2D eigenvalue weighted by Gasteiger charge is 2.23. The summed E-state index contributed by atoms with van der Waals surface area (Å²) in [5.41, 5.74) is 2.25. The first kappa shape index (κ1) is 19.8. The Hall–Kier alpha value is -3.49. The average molecular weight is 439 g/mol. The first-order valence-electron chi connectivity index (χ1n) is 8.86. The molecule has 0 saturated carbocycles. The number of anilines is 2. The SMILES string of the molecule is Cc1onc(-c2ccccc2Cl)c1C(=O)Nc1ccc(C(=O)Nc2nccs2)cc1. The molecular formula is C21H15ClN4O3S. The molecule has 9 heteroatoms. The van der Waals surface area contributed by atoms with Crippen LogP contribution in [0.2, 0.25) is 5.02 Å². The Morgan fingerprint density at radius 2 is 1.80 bits per heavy atom. The van der Waals surface area contributed by atoms with Crippen molar-refractivity contribution < 1.29 is 14.1 Å². The Bertz CT molecular complexity index is 1200. The molecule has 0 unspecified atom stereocenters. The van der Waals surface area contributed by atoms with E-state index in [4.69, 9.17) is 16.1 Å². The third-order valence-corrected chi connectivity index (χ3v) is 5.29. The lowest BCUT2D eigenvalue weighted by Crippen LogP contribution is -2.14. The summed E-state index contributed by atoms with van der Waals surface area (Å²) in [6, 6.07) is 13.6. The monoisotopic (exact) mass is 438 g/mol. The Kier molecular flexibility index (Phi) is 5.60. The summed E-state index contributed by atoms with van der Waals surface area (Å²) in [4.78, 5) is 29.2. The molecule has 2 aromatic carbocycles. The molecule has 2 amide bonds. The van der Waals surface area contributed by atoms with Gasteiger partial charge < -0.3 is 9.84 Å². The van der Waals surface area contributed by atoms with Crippen LogP contribution in [0.4, 0.5) is 10.8 Å². The number of aromatic nitrogens is 2. The predicted molar refractivity (Wildman–Crippen MR) is 116 cm³/mol. The third-order valence-electron chi connectivity index (χ3n) is 4.28. The minimum atomic E-state index is -0.386. The van der Waals surface area contributed by atoms with E-state index in [9.17, 15) is 9.59 Å². The van der Waals surface area contributed by atoms with Gasteiger partial charge in [0.05, 0.1) is 5.02 Å². The summed E-state index contributed by atoms with van der Waals surface area (Å²) in [5.74, 6) is -0.288. The summed E-state index contributed by atoms with van der Waals surface area (Å²) in [6.07, 6.45) is 1.61. The number of nitrogens with zero attached hydrogens (tertiary/aromatic N) is 2. The van der Waals surface area contributed by atoms with E-state index in [0.29, 0.717) is 44.0 Å². The Morgan fingerprint density at radius 3 is 2.50 bits per heavy atom. The van der Waals surface area contributed by atoms with E-state index in [1.165, 1.54) is 11.3 Å². The van der Waals surface area contributed by atoms with Gasteiger partial charge in [0.15, 0.2) is 5.13 Å². The van der Waals surface area contributed by atoms with Crippen LogP contribution in [0.1, 0.15) is 26.5 Å². The molecule has 0 radical (unpaired) electrons. The molecule has 0 aliphatic rings. The van der Waals surface area contributed by atoms with Crippen molar-refractivity contribution in [3.8, 4) is 11.3 Å². The first-order valence-corrected chi connectivity index (χ1v) is 10.1. The maximum absolute atomic E-state index is 12.9. The molecule has 30 heavy (non-hydrogen) atoms. The smallest absolute Gasteiger partial charge is 0.261 e. The normalized spacial score (nSPS) is 10.6. The van der Waals surface area contributed by atoms with Gasteiger partial charge in [0.1, 0.15) is 17.0 Å². The van der Waals surface area contributed by atoms with Gasteiger partial charge in [0.25, 0.3) is 11.8 Å². The largest absolute Gasteiger partial charge is 0.360 e. The van der Waals surface area contributed by atoms with Crippen LogP contribution in [0.25, 0.3) is 11.3 Å². The number of carbonyl (C=O) groups excluding carboxylic acids is 2. The molecular weight excluding hydrogens is 424 g/mol. The highest BCUT2D eigenvalue weighted by molar-refractivity contribution is 7.13. The second-order valence-electron chi connectivity index (χ2n) is 6.27. The molecule has 7 nitrogen and oxygen atoms in total. The Labute approximate surface area is 180 Å². The maximum Gasteiger partial charge on any atom is 0.261 e. The molecule has 0 bridgehead atoms. The first-order chi connectivity index (χ1) is 14.5. The lowest BCUT2D eigenvalue weighted by Gasteiger charge is -2.08. The van der Waals surface area contributed by atoms with Crippen LogP contribution < -0.4 is 10.6 Å². The number of nitrogens with one attached hydrogen (secondary N) is 2. The summed E-state index contributed by atoms with van der Waals surface area (Å²) in [7, 11) is 0. The van der Waals surface area contributed by atoms with Crippen LogP contribution in [-0.2, 0) is 0 Å². The van der Waals surface area contributed by atoms with E-state index >= 15 is 0 Å². The number of halogens is 1. The minimum Gasteiger partial charge on any atom is -0.360 e. The van der Waals surface area contributed by atoms with Gasteiger partial charge in [-0.2, -0.15) is 0 Å². The van der Waals surface area contributed by atoms with E-state index in [0.717, 1.165) is 0 Å². The second kappa shape index (κ2) is 8.48. The standard InChI is InChI=1S/C21H15ClN4O3S/c1-12-17(18(26-29-12)15-4-2-3-5-16(15)22)20(28)24-14-8-6-13(7-9-14)19(27)25-21-23-10-11-30-21/h2-11H,1H3,(H,24,28)(H,23,25,27). The molecule has 2 aromatic heterocycles. The van der Waals surface area contributed by atoms with Crippen LogP contribution in [0.3, 0.4) is 0 Å². The second-order valence-corrected chi connectivity index (χ2v) is 7.57.